The van der Waals surface area contributed by atoms with Gasteiger partial charge in [0.1, 0.15) is 42.7 Å². The summed E-state index contributed by atoms with van der Waals surface area (Å²) >= 11 is 0. The number of aliphatic hydroxyl groups is 6. The SMILES string of the molecule is CC1=C(CC[C@H](C)O[C@@H]2O[C@H](CO[C@@H]3OC[C@H](O)[C@H](O)[C@H]3O)[C@@H](O)[C@H](O)[C@H]2O)C(C)(C)CCC1=O. The zero-order valence-electron chi connectivity index (χ0n) is 20.7. The molecule has 2 saturated heterocycles. The van der Waals surface area contributed by atoms with Gasteiger partial charge in [0, 0.05) is 6.42 Å². The molecule has 0 aromatic rings. The molecule has 3 aliphatic rings. The van der Waals surface area contributed by atoms with Crippen molar-refractivity contribution in [3.05, 3.63) is 11.1 Å². The average Bonchev–Trinajstić information content (AvgIpc) is 2.80. The van der Waals surface area contributed by atoms with Gasteiger partial charge >= 0.3 is 0 Å². The van der Waals surface area contributed by atoms with E-state index in [0.29, 0.717) is 19.3 Å². The Kier molecular flexibility index (Phi) is 9.47. The number of Topliss-reactive ketones (excluding diaryl/α,β-unsaturated/α-hetero) is 1. The summed E-state index contributed by atoms with van der Waals surface area (Å²) in [6.45, 7) is 7.30. The van der Waals surface area contributed by atoms with E-state index >= 15 is 0 Å². The first-order chi connectivity index (χ1) is 16.3. The Labute approximate surface area is 205 Å². The fourth-order valence-corrected chi connectivity index (χ4v) is 4.89. The highest BCUT2D eigenvalue weighted by Gasteiger charge is 2.46. The molecule has 0 amide bonds. The van der Waals surface area contributed by atoms with Crippen LogP contribution >= 0.6 is 0 Å². The van der Waals surface area contributed by atoms with Crippen LogP contribution in [0.3, 0.4) is 0 Å². The molecular formula is C24H40O11. The van der Waals surface area contributed by atoms with Crippen LogP contribution in [-0.4, -0.2) is 111 Å². The molecule has 6 N–H and O–H groups in total. The molecule has 2 heterocycles. The fourth-order valence-electron chi connectivity index (χ4n) is 4.89. The molecule has 10 atom stereocenters. The first-order valence-corrected chi connectivity index (χ1v) is 12.2. The topological polar surface area (TPSA) is 175 Å². The van der Waals surface area contributed by atoms with Gasteiger partial charge in [-0.1, -0.05) is 19.4 Å². The Balaban J connectivity index is 1.56. The molecule has 0 bridgehead atoms. The summed E-state index contributed by atoms with van der Waals surface area (Å²) in [5.74, 6) is 0.160. The standard InChI is InChI=1S/C24H40O11/c1-11(5-6-13-12(2)14(25)7-8-24(13,3)4)34-23-21(31)19(29)18(28)16(35-23)10-33-22-20(30)17(27)15(26)9-32-22/h11,15-23,26-31H,5-10H2,1-4H3/t11-,15-,16+,17-,18+,19-,20+,21+,22-,23+/m0/s1. The Morgan fingerprint density at radius 3 is 2.34 bits per heavy atom. The molecule has 2 aliphatic heterocycles. The molecule has 0 aromatic heterocycles. The Bertz CT molecular complexity index is 769. The highest BCUT2D eigenvalue weighted by molar-refractivity contribution is 5.96. The first kappa shape index (κ1) is 28.6. The van der Waals surface area contributed by atoms with Crippen LogP contribution in [0.5, 0.6) is 0 Å². The summed E-state index contributed by atoms with van der Waals surface area (Å²) in [5, 5.41) is 60.4. The lowest BCUT2D eigenvalue weighted by atomic mass is 9.70. The number of hydrogen-bond donors (Lipinski definition) is 6. The van der Waals surface area contributed by atoms with Crippen molar-refractivity contribution < 1.29 is 54.4 Å². The highest BCUT2D eigenvalue weighted by atomic mass is 16.7. The van der Waals surface area contributed by atoms with E-state index in [-0.39, 0.29) is 24.4 Å². The fraction of sp³-hybridized carbons (Fsp3) is 0.875. The number of ketones is 1. The molecule has 11 heteroatoms. The molecule has 0 aromatic carbocycles. The van der Waals surface area contributed by atoms with Gasteiger partial charge in [-0.25, -0.2) is 0 Å². The van der Waals surface area contributed by atoms with Crippen molar-refractivity contribution >= 4 is 5.78 Å². The monoisotopic (exact) mass is 504 g/mol. The average molecular weight is 505 g/mol. The molecule has 35 heavy (non-hydrogen) atoms. The van der Waals surface area contributed by atoms with Gasteiger partial charge in [0.25, 0.3) is 0 Å². The molecule has 0 saturated carbocycles. The summed E-state index contributed by atoms with van der Waals surface area (Å²) in [6, 6.07) is 0. The predicted octanol–water partition coefficient (Wildman–Crippen LogP) is -0.859. The van der Waals surface area contributed by atoms with E-state index in [2.05, 4.69) is 13.8 Å². The maximum Gasteiger partial charge on any atom is 0.186 e. The summed E-state index contributed by atoms with van der Waals surface area (Å²) in [7, 11) is 0. The molecule has 0 unspecified atom stereocenters. The zero-order valence-corrected chi connectivity index (χ0v) is 20.7. The predicted molar refractivity (Wildman–Crippen MR) is 121 cm³/mol. The Morgan fingerprint density at radius 2 is 1.66 bits per heavy atom. The van der Waals surface area contributed by atoms with E-state index in [1.54, 1.807) is 6.92 Å². The third-order valence-electron chi connectivity index (χ3n) is 7.38. The Hall–Kier alpha value is -0.990. The molecule has 0 radical (unpaired) electrons. The van der Waals surface area contributed by atoms with Crippen molar-refractivity contribution in [3.8, 4) is 0 Å². The normalized spacial score (nSPS) is 41.2. The maximum atomic E-state index is 12.2. The third kappa shape index (κ3) is 6.48. The lowest BCUT2D eigenvalue weighted by molar-refractivity contribution is -0.326. The summed E-state index contributed by atoms with van der Waals surface area (Å²) in [4.78, 5) is 12.2. The van der Waals surface area contributed by atoms with Crippen LogP contribution in [0.2, 0.25) is 0 Å². The highest BCUT2D eigenvalue weighted by Crippen LogP contribution is 2.41. The number of hydrogen-bond acceptors (Lipinski definition) is 11. The van der Waals surface area contributed by atoms with E-state index < -0.39 is 61.4 Å². The van der Waals surface area contributed by atoms with E-state index in [4.69, 9.17) is 18.9 Å². The van der Waals surface area contributed by atoms with Crippen LogP contribution in [0.1, 0.15) is 53.4 Å². The number of ether oxygens (including phenoxy) is 4. The maximum absolute atomic E-state index is 12.2. The summed E-state index contributed by atoms with van der Waals surface area (Å²) in [5.41, 5.74) is 1.80. The van der Waals surface area contributed by atoms with E-state index in [1.807, 2.05) is 6.92 Å². The minimum Gasteiger partial charge on any atom is -0.388 e. The van der Waals surface area contributed by atoms with Crippen LogP contribution in [0, 0.1) is 5.41 Å². The van der Waals surface area contributed by atoms with Gasteiger partial charge in [-0.2, -0.15) is 0 Å². The van der Waals surface area contributed by atoms with Crippen molar-refractivity contribution in [1.82, 2.24) is 0 Å². The number of rotatable bonds is 8. The number of allylic oxidation sites excluding steroid dienone is 2. The second-order valence-electron chi connectivity index (χ2n) is 10.5. The minimum atomic E-state index is -1.57. The molecular weight excluding hydrogens is 464 g/mol. The van der Waals surface area contributed by atoms with Crippen molar-refractivity contribution in [1.29, 1.82) is 0 Å². The van der Waals surface area contributed by atoms with Gasteiger partial charge < -0.3 is 49.6 Å². The van der Waals surface area contributed by atoms with Crippen molar-refractivity contribution in [2.45, 2.75) is 115 Å². The molecule has 3 rings (SSSR count). The van der Waals surface area contributed by atoms with Gasteiger partial charge in [-0.3, -0.25) is 4.79 Å². The third-order valence-corrected chi connectivity index (χ3v) is 7.38. The van der Waals surface area contributed by atoms with Gasteiger partial charge in [0.05, 0.1) is 19.3 Å². The second kappa shape index (κ2) is 11.6. The van der Waals surface area contributed by atoms with Crippen LogP contribution in [0.25, 0.3) is 0 Å². The molecule has 202 valence electrons. The van der Waals surface area contributed by atoms with Crippen LogP contribution in [0.4, 0.5) is 0 Å². The number of carbonyl (C=O) groups excluding carboxylic acids is 1. The van der Waals surface area contributed by atoms with Crippen LogP contribution in [-0.2, 0) is 23.7 Å². The number of aliphatic hydroxyl groups excluding tert-OH is 6. The van der Waals surface area contributed by atoms with Gasteiger partial charge in [-0.15, -0.1) is 0 Å². The summed E-state index contributed by atoms with van der Waals surface area (Å²) in [6.07, 6.45) is -10.3. The van der Waals surface area contributed by atoms with Crippen molar-refractivity contribution in [3.63, 3.8) is 0 Å². The van der Waals surface area contributed by atoms with Crippen molar-refractivity contribution in [2.75, 3.05) is 13.2 Å². The van der Waals surface area contributed by atoms with E-state index in [9.17, 15) is 35.4 Å². The van der Waals surface area contributed by atoms with E-state index in [1.165, 1.54) is 0 Å². The minimum absolute atomic E-state index is 0.0866. The quantitative estimate of drug-likeness (QED) is 0.243. The summed E-state index contributed by atoms with van der Waals surface area (Å²) < 4.78 is 22.1. The second-order valence-corrected chi connectivity index (χ2v) is 10.5. The lowest BCUT2D eigenvalue weighted by Gasteiger charge is -2.42. The smallest absolute Gasteiger partial charge is 0.186 e. The van der Waals surface area contributed by atoms with Gasteiger partial charge in [0.2, 0.25) is 0 Å². The largest absolute Gasteiger partial charge is 0.388 e. The molecule has 0 spiro atoms. The van der Waals surface area contributed by atoms with Gasteiger partial charge in [-0.05, 0) is 44.1 Å². The van der Waals surface area contributed by atoms with E-state index in [0.717, 1.165) is 17.6 Å². The number of carbonyl (C=O) groups is 1. The lowest BCUT2D eigenvalue weighted by Crippen LogP contribution is -2.60. The first-order valence-electron chi connectivity index (χ1n) is 12.2. The molecule has 11 nitrogen and oxygen atoms in total. The molecule has 1 aliphatic carbocycles. The van der Waals surface area contributed by atoms with Crippen LogP contribution in [0.15, 0.2) is 11.1 Å². The Morgan fingerprint density at radius 1 is 1.00 bits per heavy atom. The van der Waals surface area contributed by atoms with Crippen LogP contribution < -0.4 is 0 Å². The van der Waals surface area contributed by atoms with Crippen molar-refractivity contribution in [2.24, 2.45) is 5.41 Å². The van der Waals surface area contributed by atoms with Gasteiger partial charge in [0.15, 0.2) is 18.4 Å². The molecule has 2 fully saturated rings. The zero-order chi connectivity index (χ0) is 26.1.